The smallest absolute Gasteiger partial charge is 0.220 e. The third kappa shape index (κ3) is 5.68. The fourth-order valence-electron chi connectivity index (χ4n) is 3.31. The molecule has 0 bridgehead atoms. The van der Waals surface area contributed by atoms with Crippen LogP contribution < -0.4 is 10.2 Å². The predicted octanol–water partition coefficient (Wildman–Crippen LogP) is 3.60. The number of hydrogen-bond acceptors (Lipinski definition) is 4. The van der Waals surface area contributed by atoms with Gasteiger partial charge in [0, 0.05) is 37.3 Å². The van der Waals surface area contributed by atoms with Gasteiger partial charge in [-0.2, -0.15) is 0 Å². The Labute approximate surface area is 165 Å². The van der Waals surface area contributed by atoms with Crippen LogP contribution in [0.1, 0.15) is 31.4 Å². The number of hydrogen-bond donors (Lipinski definition) is 1. The average Bonchev–Trinajstić information content (AvgIpc) is 2.65. The Hall–Kier alpha value is -2.11. The molecule has 3 rings (SSSR count). The first-order valence-corrected chi connectivity index (χ1v) is 9.74. The molecular weight excluding hydrogens is 362 g/mol. The van der Waals surface area contributed by atoms with Crippen molar-refractivity contribution in [3.8, 4) is 0 Å². The van der Waals surface area contributed by atoms with Crippen molar-refractivity contribution in [2.24, 2.45) is 0 Å². The summed E-state index contributed by atoms with van der Waals surface area (Å²) >= 11 is 6.13. The van der Waals surface area contributed by atoms with E-state index in [-0.39, 0.29) is 18.1 Å². The van der Waals surface area contributed by atoms with E-state index in [0.29, 0.717) is 24.4 Å². The lowest BCUT2D eigenvalue weighted by atomic mass is 10.1. The van der Waals surface area contributed by atoms with Gasteiger partial charge in [-0.15, -0.1) is 0 Å². The van der Waals surface area contributed by atoms with Gasteiger partial charge in [0.05, 0.1) is 12.2 Å². The van der Waals surface area contributed by atoms with Gasteiger partial charge in [-0.25, -0.2) is 4.98 Å². The quantitative estimate of drug-likeness (QED) is 0.822. The minimum Gasteiger partial charge on any atom is -0.372 e. The highest BCUT2D eigenvalue weighted by Crippen LogP contribution is 2.19. The number of amides is 1. The minimum absolute atomic E-state index is 0.00910. The lowest BCUT2D eigenvalue weighted by Crippen LogP contribution is -2.45. The zero-order valence-electron chi connectivity index (χ0n) is 15.8. The van der Waals surface area contributed by atoms with Gasteiger partial charge in [-0.05, 0) is 43.5 Å². The summed E-state index contributed by atoms with van der Waals surface area (Å²) in [6, 6.07) is 11.6. The van der Waals surface area contributed by atoms with E-state index < -0.39 is 0 Å². The van der Waals surface area contributed by atoms with Gasteiger partial charge in [-0.3, -0.25) is 4.79 Å². The zero-order chi connectivity index (χ0) is 19.2. The van der Waals surface area contributed by atoms with Crippen LogP contribution in [0.4, 0.5) is 5.82 Å². The predicted molar refractivity (Wildman–Crippen MR) is 108 cm³/mol. The largest absolute Gasteiger partial charge is 0.372 e. The Balaban J connectivity index is 1.47. The third-order valence-electron chi connectivity index (χ3n) is 4.62. The summed E-state index contributed by atoms with van der Waals surface area (Å²) in [5.41, 5.74) is 1.98. The minimum atomic E-state index is 0.00910. The van der Waals surface area contributed by atoms with E-state index in [4.69, 9.17) is 16.3 Å². The van der Waals surface area contributed by atoms with E-state index in [9.17, 15) is 4.79 Å². The van der Waals surface area contributed by atoms with Crippen LogP contribution in [0.15, 0.2) is 42.6 Å². The molecule has 27 heavy (non-hydrogen) atoms. The van der Waals surface area contributed by atoms with Crippen LogP contribution in [-0.2, 0) is 22.5 Å². The van der Waals surface area contributed by atoms with Crippen LogP contribution in [0.25, 0.3) is 0 Å². The molecule has 0 unspecified atom stereocenters. The Morgan fingerprint density at radius 1 is 1.22 bits per heavy atom. The number of carbonyl (C=O) groups is 1. The summed E-state index contributed by atoms with van der Waals surface area (Å²) in [6.07, 6.45) is 3.28. The lowest BCUT2D eigenvalue weighted by molar-refractivity contribution is -0.121. The highest BCUT2D eigenvalue weighted by Gasteiger charge is 2.22. The molecule has 1 saturated heterocycles. The lowest BCUT2D eigenvalue weighted by Gasteiger charge is -2.36. The van der Waals surface area contributed by atoms with E-state index in [1.54, 1.807) is 0 Å². The van der Waals surface area contributed by atoms with Crippen molar-refractivity contribution in [1.82, 2.24) is 10.3 Å². The number of pyridine rings is 1. The Morgan fingerprint density at radius 2 is 1.96 bits per heavy atom. The van der Waals surface area contributed by atoms with Crippen molar-refractivity contribution in [2.45, 2.75) is 45.4 Å². The molecular formula is C21H26ClN3O2. The first kappa shape index (κ1) is 19.6. The fraction of sp³-hybridized carbons (Fsp3) is 0.429. The number of halogens is 1. The maximum Gasteiger partial charge on any atom is 0.220 e. The van der Waals surface area contributed by atoms with Crippen LogP contribution in [0.3, 0.4) is 0 Å². The number of rotatable bonds is 6. The molecule has 1 aliphatic rings. The van der Waals surface area contributed by atoms with Crippen LogP contribution in [0.5, 0.6) is 0 Å². The molecule has 1 aromatic carbocycles. The van der Waals surface area contributed by atoms with E-state index in [0.717, 1.165) is 30.0 Å². The molecule has 0 radical (unpaired) electrons. The second-order valence-electron chi connectivity index (χ2n) is 7.06. The summed E-state index contributed by atoms with van der Waals surface area (Å²) in [7, 11) is 0. The fourth-order valence-corrected chi connectivity index (χ4v) is 3.54. The van der Waals surface area contributed by atoms with Gasteiger partial charge in [-0.1, -0.05) is 35.9 Å². The van der Waals surface area contributed by atoms with E-state index >= 15 is 0 Å². The summed E-state index contributed by atoms with van der Waals surface area (Å²) in [5, 5.41) is 3.65. The van der Waals surface area contributed by atoms with Gasteiger partial charge in [0.15, 0.2) is 0 Å². The van der Waals surface area contributed by atoms with Crippen LogP contribution >= 0.6 is 11.6 Å². The number of carbonyl (C=O) groups excluding carboxylic acids is 1. The first-order valence-electron chi connectivity index (χ1n) is 9.36. The second kappa shape index (κ2) is 9.20. The highest BCUT2D eigenvalue weighted by molar-refractivity contribution is 6.31. The number of anilines is 1. The summed E-state index contributed by atoms with van der Waals surface area (Å²) in [4.78, 5) is 18.9. The van der Waals surface area contributed by atoms with E-state index in [2.05, 4.69) is 29.0 Å². The van der Waals surface area contributed by atoms with Crippen molar-refractivity contribution < 1.29 is 9.53 Å². The molecule has 1 amide bonds. The van der Waals surface area contributed by atoms with Crippen molar-refractivity contribution in [3.05, 3.63) is 58.7 Å². The summed E-state index contributed by atoms with van der Waals surface area (Å²) in [5.74, 6) is 0.959. The normalized spacial score (nSPS) is 19.7. The molecule has 144 valence electrons. The Kier molecular flexibility index (Phi) is 6.69. The summed E-state index contributed by atoms with van der Waals surface area (Å²) in [6.45, 7) is 6.32. The molecule has 1 N–H and O–H groups in total. The zero-order valence-corrected chi connectivity index (χ0v) is 16.6. The molecule has 2 atom stereocenters. The monoisotopic (exact) mass is 387 g/mol. The van der Waals surface area contributed by atoms with Gasteiger partial charge in [0.2, 0.25) is 5.91 Å². The van der Waals surface area contributed by atoms with Crippen molar-refractivity contribution in [1.29, 1.82) is 0 Å². The molecule has 2 heterocycles. The maximum atomic E-state index is 12.1. The molecule has 5 nitrogen and oxygen atoms in total. The van der Waals surface area contributed by atoms with Gasteiger partial charge < -0.3 is 15.0 Å². The van der Waals surface area contributed by atoms with E-state index in [1.165, 1.54) is 0 Å². The number of morpholine rings is 1. The number of ether oxygens (including phenoxy) is 1. The van der Waals surface area contributed by atoms with Crippen molar-refractivity contribution in [2.75, 3.05) is 18.0 Å². The Bertz CT molecular complexity index is 756. The average molecular weight is 388 g/mol. The molecule has 1 aliphatic heterocycles. The van der Waals surface area contributed by atoms with Crippen molar-refractivity contribution in [3.63, 3.8) is 0 Å². The van der Waals surface area contributed by atoms with Crippen LogP contribution in [-0.4, -0.2) is 36.2 Å². The van der Waals surface area contributed by atoms with Gasteiger partial charge in [0.25, 0.3) is 0 Å². The number of aromatic nitrogens is 1. The van der Waals surface area contributed by atoms with Gasteiger partial charge >= 0.3 is 0 Å². The van der Waals surface area contributed by atoms with Crippen molar-refractivity contribution >= 4 is 23.3 Å². The number of nitrogens with zero attached hydrogens (tertiary/aromatic N) is 2. The standard InChI is InChI=1S/C21H26ClN3O2/c1-15-13-25(14-16(2)27-15)20-9-7-17(11-23-20)12-24-21(26)10-8-18-5-3-4-6-19(18)22/h3-7,9,11,15-16H,8,10,12-14H2,1-2H3,(H,24,26)/t15-,16-/m1/s1. The maximum absolute atomic E-state index is 12.1. The second-order valence-corrected chi connectivity index (χ2v) is 7.46. The molecule has 2 aromatic rings. The molecule has 6 heteroatoms. The van der Waals surface area contributed by atoms with Crippen LogP contribution in [0.2, 0.25) is 5.02 Å². The van der Waals surface area contributed by atoms with Gasteiger partial charge in [0.1, 0.15) is 5.82 Å². The Morgan fingerprint density at radius 3 is 2.63 bits per heavy atom. The van der Waals surface area contributed by atoms with Crippen LogP contribution in [0, 0.1) is 0 Å². The molecule has 0 aliphatic carbocycles. The highest BCUT2D eigenvalue weighted by atomic mass is 35.5. The summed E-state index contributed by atoms with van der Waals surface area (Å²) < 4.78 is 5.76. The van der Waals surface area contributed by atoms with E-state index in [1.807, 2.05) is 42.6 Å². The first-order chi connectivity index (χ1) is 13.0. The number of benzene rings is 1. The third-order valence-corrected chi connectivity index (χ3v) is 4.99. The molecule has 0 spiro atoms. The number of nitrogens with one attached hydrogen (secondary N) is 1. The SMILES string of the molecule is C[C@@H]1CN(c2ccc(CNC(=O)CCc3ccccc3Cl)cn2)C[C@@H](C)O1. The number of aryl methyl sites for hydroxylation is 1. The molecule has 1 aromatic heterocycles. The molecule has 0 saturated carbocycles. The molecule has 1 fully saturated rings. The topological polar surface area (TPSA) is 54.5 Å².